The average molecular weight is 544 g/mol. The number of dihydropyridines is 1. The van der Waals surface area contributed by atoms with Crippen molar-refractivity contribution in [3.8, 4) is 0 Å². The van der Waals surface area contributed by atoms with Gasteiger partial charge >= 0.3 is 30.2 Å². The van der Waals surface area contributed by atoms with E-state index in [0.29, 0.717) is 6.07 Å². The second-order valence-electron chi connectivity index (χ2n) is 7.90. The first-order valence-corrected chi connectivity index (χ1v) is 10.3. The Morgan fingerprint density at radius 3 is 2.11 bits per heavy atom. The third-order valence-electron chi connectivity index (χ3n) is 5.02. The fourth-order valence-electron chi connectivity index (χ4n) is 3.67. The molecule has 0 saturated heterocycles. The number of anilines is 1. The van der Waals surface area contributed by atoms with Gasteiger partial charge in [-0.1, -0.05) is 0 Å². The Morgan fingerprint density at radius 1 is 1.05 bits per heavy atom. The second-order valence-corrected chi connectivity index (χ2v) is 7.90. The van der Waals surface area contributed by atoms with Gasteiger partial charge in [-0.05, 0) is 32.9 Å². The highest BCUT2D eigenvalue weighted by molar-refractivity contribution is 6.01. The lowest BCUT2D eigenvalue weighted by Gasteiger charge is -2.33. The molecule has 1 atom stereocenters. The predicted molar refractivity (Wildman–Crippen MR) is 111 cm³/mol. The summed E-state index contributed by atoms with van der Waals surface area (Å²) in [5, 5.41) is 3.37. The number of alkyl halides is 7. The number of carbonyl (C=O) groups excluding carboxylic acids is 3. The molecule has 0 bridgehead atoms. The minimum absolute atomic E-state index is 0.229. The van der Waals surface area contributed by atoms with Gasteiger partial charge in [0.25, 0.3) is 0 Å². The molecule has 1 aliphatic rings. The summed E-state index contributed by atoms with van der Waals surface area (Å²) in [6, 6.07) is 0.524. The Morgan fingerprint density at radius 2 is 1.65 bits per heavy atom. The topological polar surface area (TPSA) is 93.7 Å². The van der Waals surface area contributed by atoms with Crippen LogP contribution in [0.3, 0.4) is 0 Å². The molecular formula is C22H20F8N2O5. The first-order valence-electron chi connectivity index (χ1n) is 10.3. The summed E-state index contributed by atoms with van der Waals surface area (Å²) < 4.78 is 120. The van der Waals surface area contributed by atoms with Crippen molar-refractivity contribution in [2.24, 2.45) is 0 Å². The fraction of sp³-hybridized carbons (Fsp3) is 0.409. The smallest absolute Gasteiger partial charge is 0.466 e. The minimum atomic E-state index is -5.64. The van der Waals surface area contributed by atoms with E-state index in [1.54, 1.807) is 0 Å². The Bertz CT molecular complexity index is 1170. The zero-order valence-electron chi connectivity index (χ0n) is 19.6. The van der Waals surface area contributed by atoms with Gasteiger partial charge in [0.1, 0.15) is 12.5 Å². The van der Waals surface area contributed by atoms with Crippen LogP contribution in [0.1, 0.15) is 37.8 Å². The lowest BCUT2D eigenvalue weighted by molar-refractivity contribution is -0.167. The Hall–Kier alpha value is -3.65. The lowest BCUT2D eigenvalue weighted by Crippen LogP contribution is -2.36. The second kappa shape index (κ2) is 10.8. The van der Waals surface area contributed by atoms with Gasteiger partial charge in [-0.3, -0.25) is 4.79 Å². The molecule has 0 aromatic heterocycles. The SMILES string of the molecule is COC(=O)C1=C(CF)NC(C)=C(C(=O)OC(C)C)C1c1c(F)ccc(NC(=O)C(F)(F)F)c1C(F)(F)F. The maximum absolute atomic E-state index is 15.2. The van der Waals surface area contributed by atoms with Crippen molar-refractivity contribution in [3.05, 3.63) is 51.6 Å². The maximum atomic E-state index is 15.2. The van der Waals surface area contributed by atoms with Crippen molar-refractivity contribution < 1.29 is 59.0 Å². The van der Waals surface area contributed by atoms with Crippen LogP contribution in [-0.2, 0) is 30.0 Å². The number of esters is 2. The summed E-state index contributed by atoms with van der Waals surface area (Å²) in [4.78, 5) is 36.9. The standard InChI is InChI=1S/C22H20F8N2O5/c1-8(2)37-19(34)13-9(3)31-12(7-23)15(18(33)36-4)16(13)14-10(24)5-6-11(17(14)21(25,26)27)32-20(35)22(28,29)30/h5-6,8,16,31H,7H2,1-4H3,(H,32,35). The number of hydrogen-bond acceptors (Lipinski definition) is 6. The normalized spacial score (nSPS) is 16.5. The molecule has 1 heterocycles. The average Bonchev–Trinajstić information content (AvgIpc) is 2.76. The summed E-state index contributed by atoms with van der Waals surface area (Å²) in [7, 11) is 0.778. The number of nitrogens with one attached hydrogen (secondary N) is 2. The summed E-state index contributed by atoms with van der Waals surface area (Å²) >= 11 is 0. The molecule has 0 saturated carbocycles. The van der Waals surface area contributed by atoms with E-state index in [2.05, 4.69) is 10.1 Å². The molecule has 1 aromatic carbocycles. The van der Waals surface area contributed by atoms with E-state index < -0.39 is 88.4 Å². The predicted octanol–water partition coefficient (Wildman–Crippen LogP) is 4.65. The molecular weight excluding hydrogens is 524 g/mol. The van der Waals surface area contributed by atoms with Gasteiger partial charge in [0, 0.05) is 11.3 Å². The lowest BCUT2D eigenvalue weighted by atomic mass is 9.77. The summed E-state index contributed by atoms with van der Waals surface area (Å²) in [5.74, 6) is -9.69. The highest BCUT2D eigenvalue weighted by Gasteiger charge is 2.48. The molecule has 1 amide bonds. The van der Waals surface area contributed by atoms with E-state index in [4.69, 9.17) is 4.74 Å². The van der Waals surface area contributed by atoms with Crippen molar-refractivity contribution >= 4 is 23.5 Å². The summed E-state index contributed by atoms with van der Waals surface area (Å²) in [5.41, 5.74) is -7.94. The molecule has 0 fully saturated rings. The van der Waals surface area contributed by atoms with E-state index in [1.165, 1.54) is 13.8 Å². The van der Waals surface area contributed by atoms with Crippen LogP contribution in [0.4, 0.5) is 40.8 Å². The number of hydrogen-bond donors (Lipinski definition) is 2. The molecule has 15 heteroatoms. The van der Waals surface area contributed by atoms with Crippen molar-refractivity contribution in [2.45, 2.75) is 45.1 Å². The Balaban J connectivity index is 3.03. The van der Waals surface area contributed by atoms with Gasteiger partial charge in [-0.2, -0.15) is 26.3 Å². The molecule has 1 unspecified atom stereocenters. The van der Waals surface area contributed by atoms with Crippen molar-refractivity contribution in [1.29, 1.82) is 0 Å². The monoisotopic (exact) mass is 544 g/mol. The summed E-state index contributed by atoms with van der Waals surface area (Å²) in [6.45, 7) is 2.34. The zero-order chi connectivity index (χ0) is 28.5. The number of amides is 1. The fourth-order valence-corrected chi connectivity index (χ4v) is 3.67. The van der Waals surface area contributed by atoms with Crippen LogP contribution >= 0.6 is 0 Å². The van der Waals surface area contributed by atoms with Gasteiger partial charge in [-0.15, -0.1) is 0 Å². The third-order valence-corrected chi connectivity index (χ3v) is 5.02. The molecule has 1 aliphatic heterocycles. The third kappa shape index (κ3) is 6.20. The van der Waals surface area contributed by atoms with Crippen molar-refractivity contribution in [3.63, 3.8) is 0 Å². The largest absolute Gasteiger partial charge is 0.471 e. The number of carbonyl (C=O) groups is 3. The number of methoxy groups -OCH3 is 1. The number of allylic oxidation sites excluding steroid dienone is 2. The van der Waals surface area contributed by atoms with Crippen molar-refractivity contribution in [1.82, 2.24) is 5.32 Å². The van der Waals surface area contributed by atoms with Crippen LogP contribution in [-0.4, -0.2) is 43.9 Å². The Labute approximate surface area is 204 Å². The minimum Gasteiger partial charge on any atom is -0.466 e. The van der Waals surface area contributed by atoms with Crippen LogP contribution in [0.25, 0.3) is 0 Å². The number of benzene rings is 1. The van der Waals surface area contributed by atoms with E-state index in [1.807, 2.05) is 0 Å². The molecule has 2 rings (SSSR count). The molecule has 1 aromatic rings. The van der Waals surface area contributed by atoms with Gasteiger partial charge in [0.15, 0.2) is 0 Å². The van der Waals surface area contributed by atoms with Crippen LogP contribution in [0.15, 0.2) is 34.7 Å². The van der Waals surface area contributed by atoms with Gasteiger partial charge < -0.3 is 20.1 Å². The molecule has 0 aliphatic carbocycles. The summed E-state index contributed by atoms with van der Waals surface area (Å²) in [6.07, 6.45) is -12.1. The highest BCUT2D eigenvalue weighted by Crippen LogP contribution is 2.48. The van der Waals surface area contributed by atoms with Gasteiger partial charge in [0.05, 0.1) is 47.2 Å². The van der Waals surface area contributed by atoms with Gasteiger partial charge in [0.2, 0.25) is 0 Å². The van der Waals surface area contributed by atoms with E-state index in [-0.39, 0.29) is 11.8 Å². The Kier molecular flexibility index (Phi) is 8.60. The maximum Gasteiger partial charge on any atom is 0.471 e. The van der Waals surface area contributed by atoms with Crippen molar-refractivity contribution in [2.75, 3.05) is 19.1 Å². The van der Waals surface area contributed by atoms with E-state index in [9.17, 15) is 45.1 Å². The van der Waals surface area contributed by atoms with E-state index in [0.717, 1.165) is 19.4 Å². The first kappa shape index (κ1) is 29.6. The zero-order valence-corrected chi connectivity index (χ0v) is 19.6. The quantitative estimate of drug-likeness (QED) is 0.400. The van der Waals surface area contributed by atoms with Crippen LogP contribution in [0.5, 0.6) is 0 Å². The van der Waals surface area contributed by atoms with Crippen LogP contribution in [0, 0.1) is 5.82 Å². The molecule has 204 valence electrons. The van der Waals surface area contributed by atoms with E-state index >= 15 is 4.39 Å². The molecule has 0 spiro atoms. The molecule has 7 nitrogen and oxygen atoms in total. The first-order chi connectivity index (χ1) is 16.9. The highest BCUT2D eigenvalue weighted by atomic mass is 19.4. The van der Waals surface area contributed by atoms with Crippen LogP contribution < -0.4 is 10.6 Å². The molecule has 2 N–H and O–H groups in total. The number of rotatable bonds is 6. The molecule has 37 heavy (non-hydrogen) atoms. The number of ether oxygens (including phenoxy) is 2. The van der Waals surface area contributed by atoms with Gasteiger partial charge in [-0.25, -0.2) is 18.4 Å². The molecule has 0 radical (unpaired) electrons. The number of halogens is 8. The van der Waals surface area contributed by atoms with Crippen LogP contribution in [0.2, 0.25) is 0 Å².